The Kier molecular flexibility index (Phi) is 7.32. The lowest BCUT2D eigenvalue weighted by atomic mass is 9.71. The van der Waals surface area contributed by atoms with E-state index in [0.717, 1.165) is 11.8 Å². The topological polar surface area (TPSA) is 122 Å². The summed E-state index contributed by atoms with van der Waals surface area (Å²) >= 11 is 1.14. The summed E-state index contributed by atoms with van der Waals surface area (Å²) in [5.41, 5.74) is 5.44. The molecule has 1 aromatic carbocycles. The Hall–Kier alpha value is -3.04. The predicted octanol–water partition coefficient (Wildman–Crippen LogP) is 2.96. The summed E-state index contributed by atoms with van der Waals surface area (Å²) in [6.45, 7) is 6.84. The molecular weight excluding hydrogens is 500 g/mol. The largest absolute Gasteiger partial charge is 0.478 e. The number of carboxylic acid groups (broad SMARTS) is 1. The van der Waals surface area contributed by atoms with Crippen molar-refractivity contribution in [3.05, 3.63) is 53.2 Å². The molecule has 0 radical (unpaired) electrons. The van der Waals surface area contributed by atoms with Gasteiger partial charge < -0.3 is 15.2 Å². The number of nitrogens with two attached hydrogens (primary N) is 1. The number of nitrogens with one attached hydrogen (secondary N) is 2. The fourth-order valence-corrected chi connectivity index (χ4v) is 6.54. The van der Waals surface area contributed by atoms with Crippen LogP contribution in [-0.2, 0) is 10.3 Å². The zero-order valence-corrected chi connectivity index (χ0v) is 21.5. The highest BCUT2D eigenvalue weighted by Crippen LogP contribution is 2.53. The first-order chi connectivity index (χ1) is 17.4. The minimum atomic E-state index is -1.84. The van der Waals surface area contributed by atoms with Gasteiger partial charge in [-0.3, -0.25) is 11.1 Å². The molecule has 1 aromatic heterocycles. The van der Waals surface area contributed by atoms with Gasteiger partial charge in [-0.25, -0.2) is 23.5 Å². The van der Waals surface area contributed by atoms with Crippen molar-refractivity contribution in [3.63, 3.8) is 0 Å². The van der Waals surface area contributed by atoms with Gasteiger partial charge in [0.2, 0.25) is 10.9 Å². The van der Waals surface area contributed by atoms with Crippen molar-refractivity contribution >= 4 is 29.6 Å². The lowest BCUT2D eigenvalue weighted by Crippen LogP contribution is -2.72. The van der Waals surface area contributed by atoms with Crippen molar-refractivity contribution in [1.29, 1.82) is 0 Å². The highest BCUT2D eigenvalue weighted by atomic mass is 32.2. The van der Waals surface area contributed by atoms with E-state index in [1.165, 1.54) is 36.7 Å². The third kappa shape index (κ3) is 5.20. The normalized spacial score (nSPS) is 27.9. The summed E-state index contributed by atoms with van der Waals surface area (Å²) in [6.07, 6.45) is 8.83. The molecule has 2 saturated heterocycles. The van der Waals surface area contributed by atoms with E-state index in [1.807, 2.05) is 20.8 Å². The molecule has 2 aromatic rings. The Morgan fingerprint density at radius 2 is 2.16 bits per heavy atom. The molecule has 0 amide bonds. The van der Waals surface area contributed by atoms with E-state index in [4.69, 9.17) is 16.9 Å². The van der Waals surface area contributed by atoms with Crippen LogP contribution in [0.2, 0.25) is 0 Å². The average Bonchev–Trinajstić information content (AvgIpc) is 3.27. The highest BCUT2D eigenvalue weighted by Gasteiger charge is 2.61. The first-order valence-corrected chi connectivity index (χ1v) is 12.5. The summed E-state index contributed by atoms with van der Waals surface area (Å²) in [5.74, 6) is -0.194. The second-order valence-corrected chi connectivity index (χ2v) is 11.6. The average molecular weight is 530 g/mol. The Morgan fingerprint density at radius 1 is 1.41 bits per heavy atom. The van der Waals surface area contributed by atoms with Crippen molar-refractivity contribution in [3.8, 4) is 18.2 Å². The molecule has 5 N–H and O–H groups in total. The monoisotopic (exact) mass is 529 g/mol. The SMILES string of the molecule is C#CCOc1cnc(/C(F)=C/c2ccc(F)c([C@]34CNC[C@H]3C(C(C)(C)C)SC(N)(C(=O)O)N4)c2)cn1. The van der Waals surface area contributed by atoms with Crippen LogP contribution in [0.25, 0.3) is 11.9 Å². The molecule has 37 heavy (non-hydrogen) atoms. The molecule has 4 atom stereocenters. The summed E-state index contributed by atoms with van der Waals surface area (Å²) in [4.78, 5) is 18.4. The molecule has 0 spiro atoms. The predicted molar refractivity (Wildman–Crippen MR) is 138 cm³/mol. The quantitative estimate of drug-likeness (QED) is 0.418. The molecule has 196 valence electrons. The van der Waals surface area contributed by atoms with Gasteiger partial charge in [0, 0.05) is 29.8 Å². The maximum atomic E-state index is 15.4. The number of halogens is 2. The minimum Gasteiger partial charge on any atom is -0.478 e. The van der Waals surface area contributed by atoms with E-state index in [1.54, 1.807) is 0 Å². The number of terminal acetylenes is 1. The van der Waals surface area contributed by atoms with Gasteiger partial charge in [0.15, 0.2) is 12.4 Å². The Bertz CT molecular complexity index is 1260. The highest BCUT2D eigenvalue weighted by molar-refractivity contribution is 8.02. The molecule has 11 heteroatoms. The minimum absolute atomic E-state index is 0.0108. The summed E-state index contributed by atoms with van der Waals surface area (Å²) in [5, 5.41) is 16.1. The van der Waals surface area contributed by atoms with Crippen LogP contribution < -0.4 is 21.1 Å². The zero-order valence-electron chi connectivity index (χ0n) is 20.7. The van der Waals surface area contributed by atoms with Gasteiger partial charge in [-0.1, -0.05) is 32.8 Å². The number of thioether (sulfide) groups is 1. The van der Waals surface area contributed by atoms with Crippen LogP contribution in [0.1, 0.15) is 37.6 Å². The molecule has 2 fully saturated rings. The molecule has 4 rings (SSSR count). The Morgan fingerprint density at radius 3 is 2.78 bits per heavy atom. The number of aliphatic carboxylic acids is 1. The zero-order chi connectivity index (χ0) is 27.0. The number of rotatable bonds is 6. The summed E-state index contributed by atoms with van der Waals surface area (Å²) in [7, 11) is 0. The lowest BCUT2D eigenvalue weighted by molar-refractivity contribution is -0.142. The molecule has 0 saturated carbocycles. The maximum Gasteiger partial charge on any atom is 0.349 e. The second kappa shape index (κ2) is 10.0. The van der Waals surface area contributed by atoms with Gasteiger partial charge in [-0.15, -0.1) is 18.2 Å². The van der Waals surface area contributed by atoms with Crippen LogP contribution in [0.3, 0.4) is 0 Å². The molecule has 8 nitrogen and oxygen atoms in total. The lowest BCUT2D eigenvalue weighted by Gasteiger charge is -2.53. The second-order valence-electron chi connectivity index (χ2n) is 10.2. The number of fused-ring (bicyclic) bond motifs is 1. The third-order valence-electron chi connectivity index (χ3n) is 6.60. The molecule has 2 aliphatic rings. The molecule has 2 aliphatic heterocycles. The number of carbonyl (C=O) groups is 1. The van der Waals surface area contributed by atoms with Crippen molar-refractivity contribution in [1.82, 2.24) is 20.6 Å². The van der Waals surface area contributed by atoms with Crippen LogP contribution in [0.15, 0.2) is 30.6 Å². The number of hydrogen-bond donors (Lipinski definition) is 4. The van der Waals surface area contributed by atoms with Crippen LogP contribution in [0, 0.1) is 29.5 Å². The number of nitrogens with zero attached hydrogens (tertiary/aromatic N) is 2. The van der Waals surface area contributed by atoms with Gasteiger partial charge >= 0.3 is 5.97 Å². The molecule has 0 bridgehead atoms. The number of ether oxygens (including phenoxy) is 1. The van der Waals surface area contributed by atoms with E-state index in [2.05, 4.69) is 26.5 Å². The van der Waals surface area contributed by atoms with E-state index in [9.17, 15) is 9.90 Å². The van der Waals surface area contributed by atoms with Gasteiger partial charge in [-0.2, -0.15) is 0 Å². The van der Waals surface area contributed by atoms with E-state index in [0.29, 0.717) is 12.1 Å². The summed E-state index contributed by atoms with van der Waals surface area (Å²) < 4.78 is 35.6. The maximum absolute atomic E-state index is 15.4. The van der Waals surface area contributed by atoms with Crippen molar-refractivity contribution in [2.24, 2.45) is 17.1 Å². The van der Waals surface area contributed by atoms with Crippen molar-refractivity contribution in [2.45, 2.75) is 36.6 Å². The Balaban J connectivity index is 1.74. The van der Waals surface area contributed by atoms with E-state index >= 15 is 8.78 Å². The number of aromatic nitrogens is 2. The molecule has 0 aliphatic carbocycles. The first kappa shape index (κ1) is 27.0. The van der Waals surface area contributed by atoms with Crippen LogP contribution in [-0.4, -0.2) is 51.0 Å². The van der Waals surface area contributed by atoms with Gasteiger partial charge in [-0.05, 0) is 29.2 Å². The third-order valence-corrected chi connectivity index (χ3v) is 8.54. The number of benzene rings is 1. The number of hydrogen-bond acceptors (Lipinski definition) is 8. The van der Waals surface area contributed by atoms with Gasteiger partial charge in [0.05, 0.1) is 17.9 Å². The van der Waals surface area contributed by atoms with Crippen LogP contribution in [0.5, 0.6) is 5.88 Å². The fraction of sp³-hybridized carbons (Fsp3) is 0.423. The standard InChI is InChI=1S/C26H29F2N5O3S/c1-5-8-36-21-13-31-20(12-32-21)19(28)10-15-6-7-18(27)16(9-15)25-14-30-11-17(25)22(24(2,3)4)37-26(29,33-25)23(34)35/h1,6-7,9-10,12-13,17,22,30,33H,8,11,14,29H2,2-4H3,(H,34,35)/b19-10-/t17-,22?,25+,26?/m0/s1. The van der Waals surface area contributed by atoms with Gasteiger partial charge in [0.25, 0.3) is 0 Å². The number of carboxylic acids is 1. The summed E-state index contributed by atoms with van der Waals surface area (Å²) in [6, 6.07) is 4.21. The van der Waals surface area contributed by atoms with E-state index in [-0.39, 0.29) is 46.9 Å². The van der Waals surface area contributed by atoms with Crippen LogP contribution >= 0.6 is 11.8 Å². The smallest absolute Gasteiger partial charge is 0.349 e. The Labute approximate surface area is 218 Å². The molecular formula is C26H29F2N5O3S. The molecule has 3 heterocycles. The van der Waals surface area contributed by atoms with Crippen molar-refractivity contribution in [2.75, 3.05) is 19.7 Å². The fourth-order valence-electron chi connectivity index (χ4n) is 4.95. The van der Waals surface area contributed by atoms with Gasteiger partial charge in [0.1, 0.15) is 11.5 Å². The van der Waals surface area contributed by atoms with E-state index < -0.39 is 28.1 Å². The van der Waals surface area contributed by atoms with Crippen LogP contribution in [0.4, 0.5) is 8.78 Å². The first-order valence-electron chi connectivity index (χ1n) is 11.7. The van der Waals surface area contributed by atoms with Crippen molar-refractivity contribution < 1.29 is 23.4 Å². The molecule has 2 unspecified atom stereocenters.